The maximum atomic E-state index is 2.53. The molecule has 11 rings (SSSR count). The molecule has 0 amide bonds. The summed E-state index contributed by atoms with van der Waals surface area (Å²) in [7, 11) is 0. The van der Waals surface area contributed by atoms with Crippen LogP contribution in [0.1, 0.15) is 25.0 Å². The Kier molecular flexibility index (Phi) is 7.84. The van der Waals surface area contributed by atoms with Crippen molar-refractivity contribution in [3.63, 3.8) is 0 Å². The number of rotatable bonds is 5. The van der Waals surface area contributed by atoms with Gasteiger partial charge in [0.1, 0.15) is 0 Å². The predicted octanol–water partition coefficient (Wildman–Crippen LogP) is 15.7. The van der Waals surface area contributed by atoms with Gasteiger partial charge in [0.05, 0.1) is 5.69 Å². The van der Waals surface area contributed by atoms with Crippen molar-refractivity contribution in [2.45, 2.75) is 29.1 Å². The highest BCUT2D eigenvalue weighted by Crippen LogP contribution is 2.55. The van der Waals surface area contributed by atoms with Crippen LogP contribution in [0.5, 0.6) is 0 Å². The van der Waals surface area contributed by atoms with Crippen LogP contribution in [0.3, 0.4) is 0 Å². The minimum Gasteiger partial charge on any atom is -0.309 e. The molecule has 57 heavy (non-hydrogen) atoms. The Morgan fingerprint density at radius 1 is 0.386 bits per heavy atom. The van der Waals surface area contributed by atoms with Gasteiger partial charge in [-0.2, -0.15) is 0 Å². The lowest BCUT2D eigenvalue weighted by Gasteiger charge is -2.32. The standard InChI is InChI=1S/C55H39NS/c1-55(2)49-27-11-9-22-43(49)44-31-30-41(35-50(44)55)56(42-33-39(36-16-5-3-6-17-36)32-40(34-42)37-18-7-4-8-19-37)51-28-15-26-48-47-25-14-21-38-20-13-24-46(53(38)47)45-23-10-12-29-52(45)57-54(48)51/h3-35H,1-2H3. The summed E-state index contributed by atoms with van der Waals surface area (Å²) < 4.78 is 0. The van der Waals surface area contributed by atoms with Gasteiger partial charge in [-0.3, -0.25) is 0 Å². The van der Waals surface area contributed by atoms with Crippen LogP contribution >= 0.6 is 11.8 Å². The van der Waals surface area contributed by atoms with Gasteiger partial charge in [0.15, 0.2) is 0 Å². The van der Waals surface area contributed by atoms with Crippen molar-refractivity contribution in [2.24, 2.45) is 0 Å². The quantitative estimate of drug-likeness (QED) is 0.173. The molecule has 0 bridgehead atoms. The van der Waals surface area contributed by atoms with Crippen LogP contribution in [0.15, 0.2) is 210 Å². The number of hydrogen-bond donors (Lipinski definition) is 0. The lowest BCUT2D eigenvalue weighted by molar-refractivity contribution is 0.660. The Balaban J connectivity index is 1.22. The van der Waals surface area contributed by atoms with E-state index in [1.54, 1.807) is 0 Å². The van der Waals surface area contributed by atoms with Crippen LogP contribution in [0, 0.1) is 0 Å². The summed E-state index contributed by atoms with van der Waals surface area (Å²) in [6.07, 6.45) is 0. The smallest absolute Gasteiger partial charge is 0.0607 e. The monoisotopic (exact) mass is 745 g/mol. The Labute approximate surface area is 338 Å². The first-order valence-corrected chi connectivity index (χ1v) is 20.6. The maximum Gasteiger partial charge on any atom is 0.0607 e. The first-order chi connectivity index (χ1) is 28.0. The summed E-state index contributed by atoms with van der Waals surface area (Å²) in [4.78, 5) is 5.02. The van der Waals surface area contributed by atoms with Crippen LogP contribution in [-0.2, 0) is 5.41 Å². The fourth-order valence-corrected chi connectivity index (χ4v) is 10.5. The molecule has 0 spiro atoms. The van der Waals surface area contributed by atoms with Crippen molar-refractivity contribution in [3.8, 4) is 55.6 Å². The molecule has 0 fully saturated rings. The van der Waals surface area contributed by atoms with Gasteiger partial charge in [-0.05, 0) is 120 Å². The number of nitrogens with zero attached hydrogens (tertiary/aromatic N) is 1. The summed E-state index contributed by atoms with van der Waals surface area (Å²) in [6.45, 7) is 4.75. The third-order valence-corrected chi connectivity index (χ3v) is 13.2. The van der Waals surface area contributed by atoms with Crippen LogP contribution in [0.2, 0.25) is 0 Å². The third-order valence-electron chi connectivity index (χ3n) is 12.0. The van der Waals surface area contributed by atoms with E-state index in [9.17, 15) is 0 Å². The van der Waals surface area contributed by atoms with Gasteiger partial charge in [0, 0.05) is 26.6 Å². The van der Waals surface area contributed by atoms with E-state index in [1.165, 1.54) is 87.3 Å². The second-order valence-corrected chi connectivity index (χ2v) is 16.7. The molecule has 0 saturated heterocycles. The van der Waals surface area contributed by atoms with Crippen molar-refractivity contribution in [1.29, 1.82) is 0 Å². The lowest BCUT2D eigenvalue weighted by Crippen LogP contribution is -2.17. The zero-order chi connectivity index (χ0) is 38.1. The van der Waals surface area contributed by atoms with Gasteiger partial charge >= 0.3 is 0 Å². The average Bonchev–Trinajstić information content (AvgIpc) is 3.49. The summed E-state index contributed by atoms with van der Waals surface area (Å²) in [5.74, 6) is 0. The van der Waals surface area contributed by atoms with Gasteiger partial charge in [0.2, 0.25) is 0 Å². The number of benzene rings is 9. The summed E-state index contributed by atoms with van der Waals surface area (Å²) in [5, 5.41) is 2.55. The molecule has 0 unspecified atom stereocenters. The zero-order valence-corrected chi connectivity index (χ0v) is 32.7. The SMILES string of the molecule is CC1(C)c2ccccc2-c2ccc(N(c3cc(-c4ccccc4)cc(-c4ccccc4)c3)c3cccc4c3Sc3ccccc3-c3cccc5cccc-4c35)cc21. The Hall–Kier alpha value is -6.61. The Bertz CT molecular complexity index is 2950. The normalized spacial score (nSPS) is 13.2. The van der Waals surface area contributed by atoms with Gasteiger partial charge in [-0.1, -0.05) is 183 Å². The van der Waals surface area contributed by atoms with Crippen molar-refractivity contribution < 1.29 is 0 Å². The van der Waals surface area contributed by atoms with Gasteiger partial charge < -0.3 is 4.90 Å². The average molecular weight is 746 g/mol. The van der Waals surface area contributed by atoms with E-state index in [0.29, 0.717) is 0 Å². The van der Waals surface area contributed by atoms with E-state index in [-0.39, 0.29) is 5.41 Å². The molecule has 0 atom stereocenters. The second-order valence-electron chi connectivity index (χ2n) is 15.7. The molecule has 0 saturated carbocycles. The molecule has 0 radical (unpaired) electrons. The van der Waals surface area contributed by atoms with E-state index in [0.717, 1.165) is 17.1 Å². The molecule has 2 heteroatoms. The fraction of sp³-hybridized carbons (Fsp3) is 0.0545. The van der Waals surface area contributed by atoms with E-state index >= 15 is 0 Å². The molecule has 0 N–H and O–H groups in total. The van der Waals surface area contributed by atoms with E-state index in [4.69, 9.17) is 0 Å². The zero-order valence-electron chi connectivity index (χ0n) is 31.9. The molecular weight excluding hydrogens is 707 g/mol. The third kappa shape index (κ3) is 5.47. The molecule has 1 aliphatic carbocycles. The molecule has 1 aliphatic heterocycles. The van der Waals surface area contributed by atoms with Crippen LogP contribution < -0.4 is 4.90 Å². The fourth-order valence-electron chi connectivity index (χ4n) is 9.29. The van der Waals surface area contributed by atoms with Crippen LogP contribution in [0.25, 0.3) is 66.4 Å². The number of hydrogen-bond acceptors (Lipinski definition) is 2. The molecule has 1 heterocycles. The highest BCUT2D eigenvalue weighted by molar-refractivity contribution is 7.99. The minimum absolute atomic E-state index is 0.146. The molecule has 9 aromatic carbocycles. The van der Waals surface area contributed by atoms with E-state index in [2.05, 4.69) is 219 Å². The van der Waals surface area contributed by atoms with Crippen molar-refractivity contribution >= 4 is 39.6 Å². The maximum absolute atomic E-state index is 2.53. The molecule has 2 aliphatic rings. The second kappa shape index (κ2) is 13.3. The van der Waals surface area contributed by atoms with Crippen molar-refractivity contribution in [3.05, 3.63) is 211 Å². The van der Waals surface area contributed by atoms with Gasteiger partial charge in [-0.25, -0.2) is 0 Å². The van der Waals surface area contributed by atoms with E-state index in [1.807, 2.05) is 11.8 Å². The first-order valence-electron chi connectivity index (χ1n) is 19.8. The Morgan fingerprint density at radius 2 is 0.947 bits per heavy atom. The van der Waals surface area contributed by atoms with E-state index < -0.39 is 0 Å². The van der Waals surface area contributed by atoms with Crippen molar-refractivity contribution in [1.82, 2.24) is 0 Å². The number of anilines is 3. The summed E-state index contributed by atoms with van der Waals surface area (Å²) in [6, 6.07) is 74.1. The van der Waals surface area contributed by atoms with Gasteiger partial charge in [0.25, 0.3) is 0 Å². The Morgan fingerprint density at radius 3 is 1.67 bits per heavy atom. The highest BCUT2D eigenvalue weighted by Gasteiger charge is 2.36. The number of fused-ring (bicyclic) bond motifs is 7. The largest absolute Gasteiger partial charge is 0.309 e. The highest BCUT2D eigenvalue weighted by atomic mass is 32.2. The molecule has 9 aromatic rings. The summed E-state index contributed by atoms with van der Waals surface area (Å²) >= 11 is 1.88. The minimum atomic E-state index is -0.146. The molecule has 1 nitrogen and oxygen atoms in total. The van der Waals surface area contributed by atoms with Crippen LogP contribution in [0.4, 0.5) is 17.1 Å². The predicted molar refractivity (Wildman–Crippen MR) is 242 cm³/mol. The van der Waals surface area contributed by atoms with Crippen LogP contribution in [-0.4, -0.2) is 0 Å². The lowest BCUT2D eigenvalue weighted by atomic mass is 9.82. The van der Waals surface area contributed by atoms with Crippen molar-refractivity contribution in [2.75, 3.05) is 4.90 Å². The molecule has 0 aromatic heterocycles. The van der Waals surface area contributed by atoms with Gasteiger partial charge in [-0.15, -0.1) is 0 Å². The summed E-state index contributed by atoms with van der Waals surface area (Å²) in [5.41, 5.74) is 18.4. The topological polar surface area (TPSA) is 3.24 Å². The first kappa shape index (κ1) is 33.7. The molecule has 270 valence electrons. The molecular formula is C55H39NS.